The molecule has 2 atom stereocenters. The number of hydrogen-bond donors (Lipinski definition) is 1. The predicted molar refractivity (Wildman–Crippen MR) is 95.4 cm³/mol. The molecular formula is C19H20FNO3S. The fourth-order valence-corrected chi connectivity index (χ4v) is 3.95. The highest BCUT2D eigenvalue weighted by Gasteiger charge is 2.24. The van der Waals surface area contributed by atoms with E-state index in [1.165, 1.54) is 53.0 Å². The number of hydrogen-bond acceptors (Lipinski definition) is 4. The number of halogens is 1. The molecule has 0 saturated heterocycles. The number of ether oxygens (including phenoxy) is 1. The first kappa shape index (κ1) is 17.6. The van der Waals surface area contributed by atoms with Gasteiger partial charge in [-0.25, -0.2) is 9.18 Å². The Hall–Kier alpha value is -2.21. The van der Waals surface area contributed by atoms with Crippen molar-refractivity contribution in [2.24, 2.45) is 5.92 Å². The van der Waals surface area contributed by atoms with E-state index in [-0.39, 0.29) is 5.82 Å². The minimum absolute atomic E-state index is 0.381. The molecule has 0 aliphatic heterocycles. The van der Waals surface area contributed by atoms with E-state index >= 15 is 0 Å². The summed E-state index contributed by atoms with van der Waals surface area (Å²) in [4.78, 5) is 26.2. The molecule has 1 amide bonds. The van der Waals surface area contributed by atoms with Crippen molar-refractivity contribution in [3.05, 3.63) is 51.5 Å². The van der Waals surface area contributed by atoms with Gasteiger partial charge in [0.05, 0.1) is 0 Å². The number of carbonyl (C=O) groups is 2. The van der Waals surface area contributed by atoms with Gasteiger partial charge in [0.15, 0.2) is 6.10 Å². The van der Waals surface area contributed by atoms with Crippen molar-refractivity contribution in [2.75, 3.05) is 5.32 Å². The van der Waals surface area contributed by atoms with E-state index in [0.29, 0.717) is 16.5 Å². The molecule has 3 rings (SSSR count). The minimum atomic E-state index is -0.935. The van der Waals surface area contributed by atoms with Crippen LogP contribution in [-0.2, 0) is 22.4 Å². The SMILES string of the molecule is C[C@@H]1CCc2sc(C(=O)O[C@H](C)C(=O)Nc3ccc(F)cc3)cc2C1. The summed E-state index contributed by atoms with van der Waals surface area (Å²) in [6.07, 6.45) is 2.18. The maximum atomic E-state index is 12.9. The van der Waals surface area contributed by atoms with Gasteiger partial charge in [-0.1, -0.05) is 6.92 Å². The number of esters is 1. The third-order valence-corrected chi connectivity index (χ3v) is 5.51. The van der Waals surface area contributed by atoms with Gasteiger partial charge in [-0.05, 0) is 68.0 Å². The van der Waals surface area contributed by atoms with Crippen molar-refractivity contribution in [3.63, 3.8) is 0 Å². The summed E-state index contributed by atoms with van der Waals surface area (Å²) >= 11 is 1.46. The summed E-state index contributed by atoms with van der Waals surface area (Å²) in [5.74, 6) is -0.677. The van der Waals surface area contributed by atoms with E-state index in [0.717, 1.165) is 19.3 Å². The largest absolute Gasteiger partial charge is 0.448 e. The fourth-order valence-electron chi connectivity index (χ4n) is 2.86. The van der Waals surface area contributed by atoms with Crippen LogP contribution in [0.15, 0.2) is 30.3 Å². The van der Waals surface area contributed by atoms with E-state index < -0.39 is 18.0 Å². The summed E-state index contributed by atoms with van der Waals surface area (Å²) in [5.41, 5.74) is 1.67. The molecule has 1 aromatic heterocycles. The number of nitrogens with one attached hydrogen (secondary N) is 1. The Kier molecular flexibility index (Phi) is 5.18. The van der Waals surface area contributed by atoms with Crippen molar-refractivity contribution >= 4 is 28.9 Å². The zero-order valence-corrected chi connectivity index (χ0v) is 15.0. The van der Waals surface area contributed by atoms with Gasteiger partial charge < -0.3 is 10.1 Å². The lowest BCUT2D eigenvalue weighted by Crippen LogP contribution is -2.29. The predicted octanol–water partition coefficient (Wildman–Crippen LogP) is 4.20. The quantitative estimate of drug-likeness (QED) is 0.831. The first-order chi connectivity index (χ1) is 11.9. The van der Waals surface area contributed by atoms with Crippen molar-refractivity contribution in [1.29, 1.82) is 0 Å². The van der Waals surface area contributed by atoms with Crippen molar-refractivity contribution in [2.45, 2.75) is 39.2 Å². The highest BCUT2D eigenvalue weighted by Crippen LogP contribution is 2.32. The maximum Gasteiger partial charge on any atom is 0.349 e. The molecule has 2 aromatic rings. The number of amides is 1. The fraction of sp³-hybridized carbons (Fsp3) is 0.368. The van der Waals surface area contributed by atoms with Gasteiger partial charge in [0, 0.05) is 10.6 Å². The van der Waals surface area contributed by atoms with Gasteiger partial charge in [0.25, 0.3) is 5.91 Å². The second kappa shape index (κ2) is 7.35. The Bertz CT molecular complexity index is 784. The Balaban J connectivity index is 1.60. The van der Waals surface area contributed by atoms with Crippen molar-refractivity contribution < 1.29 is 18.7 Å². The third-order valence-electron chi connectivity index (χ3n) is 4.30. The molecule has 0 radical (unpaired) electrons. The molecule has 1 heterocycles. The lowest BCUT2D eigenvalue weighted by Gasteiger charge is -2.16. The molecule has 1 aliphatic carbocycles. The molecule has 1 aliphatic rings. The molecule has 4 nitrogen and oxygen atoms in total. The van der Waals surface area contributed by atoms with Crippen LogP contribution in [0.3, 0.4) is 0 Å². The lowest BCUT2D eigenvalue weighted by molar-refractivity contribution is -0.123. The number of rotatable bonds is 4. The number of benzene rings is 1. The standard InChI is InChI=1S/C19H20FNO3S/c1-11-3-8-16-13(9-11)10-17(25-16)19(23)24-12(2)18(22)21-15-6-4-14(20)5-7-15/h4-7,10-12H,3,8-9H2,1-2H3,(H,21,22)/t11-,12-/m1/s1. The van der Waals surface area contributed by atoms with Crippen LogP contribution in [0.2, 0.25) is 0 Å². The number of anilines is 1. The Morgan fingerprint density at radius 1 is 1.32 bits per heavy atom. The maximum absolute atomic E-state index is 12.9. The van der Waals surface area contributed by atoms with Crippen LogP contribution in [-0.4, -0.2) is 18.0 Å². The van der Waals surface area contributed by atoms with Gasteiger partial charge in [0.2, 0.25) is 0 Å². The van der Waals surface area contributed by atoms with Gasteiger partial charge in [-0.2, -0.15) is 0 Å². The number of carbonyl (C=O) groups excluding carboxylic acids is 2. The summed E-state index contributed by atoms with van der Waals surface area (Å²) in [5, 5.41) is 2.60. The van der Waals surface area contributed by atoms with Crippen LogP contribution in [0, 0.1) is 11.7 Å². The summed E-state index contributed by atoms with van der Waals surface area (Å²) in [6, 6.07) is 7.31. The van der Waals surface area contributed by atoms with Gasteiger partial charge in [-0.15, -0.1) is 11.3 Å². The molecule has 0 fully saturated rings. The minimum Gasteiger partial charge on any atom is -0.448 e. The first-order valence-corrected chi connectivity index (χ1v) is 9.13. The van der Waals surface area contributed by atoms with Crippen molar-refractivity contribution in [3.8, 4) is 0 Å². The normalized spacial score (nSPS) is 17.5. The zero-order valence-electron chi connectivity index (χ0n) is 14.2. The Morgan fingerprint density at radius 3 is 2.76 bits per heavy atom. The second-order valence-corrected chi connectivity index (χ2v) is 7.59. The number of thiophene rings is 1. The summed E-state index contributed by atoms with van der Waals surface area (Å²) in [6.45, 7) is 3.73. The third kappa shape index (κ3) is 4.25. The van der Waals surface area contributed by atoms with Crippen LogP contribution in [0.4, 0.5) is 10.1 Å². The van der Waals surface area contributed by atoms with E-state index in [4.69, 9.17) is 4.74 Å². The molecule has 0 spiro atoms. The van der Waals surface area contributed by atoms with E-state index in [1.807, 2.05) is 6.07 Å². The molecule has 132 valence electrons. The molecule has 6 heteroatoms. The first-order valence-electron chi connectivity index (χ1n) is 8.31. The average Bonchev–Trinajstić information content (AvgIpc) is 3.00. The topological polar surface area (TPSA) is 55.4 Å². The van der Waals surface area contributed by atoms with E-state index in [9.17, 15) is 14.0 Å². The van der Waals surface area contributed by atoms with Gasteiger partial charge in [-0.3, -0.25) is 4.79 Å². The molecule has 1 N–H and O–H groups in total. The smallest absolute Gasteiger partial charge is 0.349 e. The van der Waals surface area contributed by atoms with Crippen LogP contribution in [0.5, 0.6) is 0 Å². The van der Waals surface area contributed by atoms with Crippen LogP contribution in [0.25, 0.3) is 0 Å². The average molecular weight is 361 g/mol. The van der Waals surface area contributed by atoms with E-state index in [2.05, 4.69) is 12.2 Å². The Morgan fingerprint density at radius 2 is 2.04 bits per heavy atom. The summed E-state index contributed by atoms with van der Waals surface area (Å²) < 4.78 is 18.2. The van der Waals surface area contributed by atoms with Crippen LogP contribution >= 0.6 is 11.3 Å². The zero-order chi connectivity index (χ0) is 18.0. The van der Waals surface area contributed by atoms with Crippen LogP contribution in [0.1, 0.15) is 40.4 Å². The summed E-state index contributed by atoms with van der Waals surface area (Å²) in [7, 11) is 0. The molecule has 1 aromatic carbocycles. The number of aryl methyl sites for hydroxylation is 1. The molecule has 0 unspecified atom stereocenters. The molecule has 25 heavy (non-hydrogen) atoms. The lowest BCUT2D eigenvalue weighted by atomic mass is 9.90. The monoisotopic (exact) mass is 361 g/mol. The highest BCUT2D eigenvalue weighted by atomic mass is 32.1. The molecular weight excluding hydrogens is 341 g/mol. The van der Waals surface area contributed by atoms with Gasteiger partial charge >= 0.3 is 5.97 Å². The van der Waals surface area contributed by atoms with Crippen LogP contribution < -0.4 is 5.32 Å². The molecule has 0 bridgehead atoms. The van der Waals surface area contributed by atoms with E-state index in [1.54, 1.807) is 0 Å². The highest BCUT2D eigenvalue weighted by molar-refractivity contribution is 7.14. The van der Waals surface area contributed by atoms with Gasteiger partial charge in [0.1, 0.15) is 10.7 Å². The Labute approximate surface area is 150 Å². The molecule has 0 saturated carbocycles. The number of fused-ring (bicyclic) bond motifs is 1. The van der Waals surface area contributed by atoms with Crippen molar-refractivity contribution in [1.82, 2.24) is 0 Å². The second-order valence-electron chi connectivity index (χ2n) is 6.45.